The van der Waals surface area contributed by atoms with Gasteiger partial charge in [-0.2, -0.15) is 0 Å². The second kappa shape index (κ2) is 3.38. The van der Waals surface area contributed by atoms with E-state index in [4.69, 9.17) is 9.63 Å². The molecular weight excluding hydrogens is 158 g/mol. The fourth-order valence-corrected chi connectivity index (χ4v) is 0.956. The number of carboxylic acid groups (broad SMARTS) is 1. The highest BCUT2D eigenvalue weighted by molar-refractivity contribution is 5.88. The van der Waals surface area contributed by atoms with Gasteiger partial charge in [0.1, 0.15) is 5.56 Å². The molecule has 0 atom stereocenters. The Morgan fingerprint density at radius 2 is 2.42 bits per heavy atom. The quantitative estimate of drug-likeness (QED) is 0.745. The van der Waals surface area contributed by atoms with Gasteiger partial charge in [0.2, 0.25) is 0 Å². The van der Waals surface area contributed by atoms with Gasteiger partial charge in [-0.1, -0.05) is 19.0 Å². The summed E-state index contributed by atoms with van der Waals surface area (Å²) in [6.07, 6.45) is 1.85. The lowest BCUT2D eigenvalue weighted by Gasteiger charge is -1.99. The van der Waals surface area contributed by atoms with Gasteiger partial charge in [-0.05, 0) is 5.92 Å². The number of aromatic nitrogens is 1. The lowest BCUT2D eigenvalue weighted by atomic mass is 10.1. The number of hydrogen-bond donors (Lipinski definition) is 1. The van der Waals surface area contributed by atoms with Crippen LogP contribution in [0.1, 0.15) is 30.0 Å². The van der Waals surface area contributed by atoms with E-state index in [2.05, 4.69) is 5.16 Å². The first-order valence-corrected chi connectivity index (χ1v) is 3.78. The van der Waals surface area contributed by atoms with Crippen LogP contribution >= 0.6 is 0 Å². The largest absolute Gasteiger partial charge is 0.478 e. The minimum absolute atomic E-state index is 0.170. The summed E-state index contributed by atoms with van der Waals surface area (Å²) >= 11 is 0. The lowest BCUT2D eigenvalue weighted by molar-refractivity contribution is 0.0694. The van der Waals surface area contributed by atoms with Crippen molar-refractivity contribution in [2.45, 2.75) is 20.3 Å². The van der Waals surface area contributed by atoms with E-state index in [9.17, 15) is 4.79 Å². The Bertz CT molecular complexity index is 278. The van der Waals surface area contributed by atoms with Gasteiger partial charge in [0.05, 0.1) is 6.20 Å². The van der Waals surface area contributed by atoms with E-state index in [1.165, 1.54) is 6.20 Å². The van der Waals surface area contributed by atoms with E-state index in [0.29, 0.717) is 18.1 Å². The molecule has 0 amide bonds. The molecule has 0 fully saturated rings. The Morgan fingerprint density at radius 1 is 1.75 bits per heavy atom. The van der Waals surface area contributed by atoms with E-state index in [-0.39, 0.29) is 5.56 Å². The molecule has 1 aromatic rings. The van der Waals surface area contributed by atoms with Crippen LogP contribution in [-0.2, 0) is 6.42 Å². The highest BCUT2D eigenvalue weighted by Crippen LogP contribution is 2.12. The van der Waals surface area contributed by atoms with Crippen molar-refractivity contribution in [2.75, 3.05) is 0 Å². The monoisotopic (exact) mass is 169 g/mol. The summed E-state index contributed by atoms with van der Waals surface area (Å²) in [4.78, 5) is 10.6. The molecule has 12 heavy (non-hydrogen) atoms. The first-order valence-electron chi connectivity index (χ1n) is 3.78. The van der Waals surface area contributed by atoms with E-state index < -0.39 is 5.97 Å². The number of nitrogens with zero attached hydrogens (tertiary/aromatic N) is 1. The predicted molar refractivity (Wildman–Crippen MR) is 42.0 cm³/mol. The van der Waals surface area contributed by atoms with Crippen LogP contribution in [0.3, 0.4) is 0 Å². The van der Waals surface area contributed by atoms with Crippen LogP contribution in [0, 0.1) is 5.92 Å². The molecule has 0 saturated carbocycles. The minimum Gasteiger partial charge on any atom is -0.478 e. The van der Waals surface area contributed by atoms with Crippen molar-refractivity contribution >= 4 is 5.97 Å². The first-order chi connectivity index (χ1) is 5.61. The predicted octanol–water partition coefficient (Wildman–Crippen LogP) is 1.57. The molecule has 0 aliphatic rings. The van der Waals surface area contributed by atoms with Crippen LogP contribution in [-0.4, -0.2) is 16.2 Å². The molecule has 0 radical (unpaired) electrons. The van der Waals surface area contributed by atoms with Crippen molar-refractivity contribution in [3.05, 3.63) is 17.5 Å². The van der Waals surface area contributed by atoms with Crippen molar-refractivity contribution in [1.82, 2.24) is 5.16 Å². The summed E-state index contributed by atoms with van der Waals surface area (Å²) in [6, 6.07) is 0. The summed E-state index contributed by atoms with van der Waals surface area (Å²) in [6.45, 7) is 3.99. The zero-order chi connectivity index (χ0) is 9.14. The van der Waals surface area contributed by atoms with Crippen LogP contribution in [0.15, 0.2) is 10.7 Å². The molecule has 4 heteroatoms. The van der Waals surface area contributed by atoms with Gasteiger partial charge < -0.3 is 9.63 Å². The molecule has 1 N–H and O–H groups in total. The summed E-state index contributed by atoms with van der Waals surface area (Å²) in [5, 5.41) is 12.1. The Kier molecular flexibility index (Phi) is 2.47. The van der Waals surface area contributed by atoms with Gasteiger partial charge in [-0.25, -0.2) is 4.79 Å². The maximum atomic E-state index is 10.6. The number of rotatable bonds is 3. The van der Waals surface area contributed by atoms with Crippen LogP contribution in [0.2, 0.25) is 0 Å². The Labute approximate surface area is 70.2 Å². The maximum absolute atomic E-state index is 10.6. The van der Waals surface area contributed by atoms with Gasteiger partial charge >= 0.3 is 5.97 Å². The topological polar surface area (TPSA) is 63.3 Å². The van der Waals surface area contributed by atoms with Gasteiger partial charge in [0, 0.05) is 6.42 Å². The van der Waals surface area contributed by atoms with Gasteiger partial charge in [-0.15, -0.1) is 0 Å². The zero-order valence-corrected chi connectivity index (χ0v) is 7.07. The second-order valence-corrected chi connectivity index (χ2v) is 3.07. The van der Waals surface area contributed by atoms with Crippen molar-refractivity contribution in [2.24, 2.45) is 5.92 Å². The summed E-state index contributed by atoms with van der Waals surface area (Å²) < 4.78 is 4.81. The van der Waals surface area contributed by atoms with E-state index in [0.717, 1.165) is 0 Å². The fraction of sp³-hybridized carbons (Fsp3) is 0.500. The average molecular weight is 169 g/mol. The number of carbonyl (C=O) groups is 1. The smallest absolute Gasteiger partial charge is 0.340 e. The maximum Gasteiger partial charge on any atom is 0.340 e. The summed E-state index contributed by atoms with van der Waals surface area (Å²) in [5.74, 6) is -0.152. The van der Waals surface area contributed by atoms with Crippen molar-refractivity contribution in [3.63, 3.8) is 0 Å². The van der Waals surface area contributed by atoms with Crippen LogP contribution in [0.5, 0.6) is 0 Å². The third-order valence-electron chi connectivity index (χ3n) is 1.47. The molecule has 0 bridgehead atoms. The van der Waals surface area contributed by atoms with Gasteiger partial charge in [0.25, 0.3) is 0 Å². The van der Waals surface area contributed by atoms with Gasteiger partial charge in [-0.3, -0.25) is 0 Å². The zero-order valence-electron chi connectivity index (χ0n) is 7.07. The highest BCUT2D eigenvalue weighted by Gasteiger charge is 2.15. The van der Waals surface area contributed by atoms with E-state index >= 15 is 0 Å². The number of aromatic carboxylic acids is 1. The number of carboxylic acids is 1. The molecule has 0 aliphatic heterocycles. The lowest BCUT2D eigenvalue weighted by Crippen LogP contribution is -2.01. The third kappa shape index (κ3) is 1.84. The van der Waals surface area contributed by atoms with Crippen LogP contribution in [0.4, 0.5) is 0 Å². The van der Waals surface area contributed by atoms with Crippen LogP contribution in [0.25, 0.3) is 0 Å². The SMILES string of the molecule is CC(C)Cc1oncc1C(=O)O. The van der Waals surface area contributed by atoms with Gasteiger partial charge in [0.15, 0.2) is 5.76 Å². The van der Waals surface area contributed by atoms with Crippen molar-refractivity contribution in [3.8, 4) is 0 Å². The Balaban J connectivity index is 2.84. The first kappa shape index (κ1) is 8.77. The second-order valence-electron chi connectivity index (χ2n) is 3.07. The Morgan fingerprint density at radius 3 is 2.92 bits per heavy atom. The molecule has 0 aromatic carbocycles. The fourth-order valence-electron chi connectivity index (χ4n) is 0.956. The molecular formula is C8H11NO3. The molecule has 1 aromatic heterocycles. The van der Waals surface area contributed by atoms with Crippen molar-refractivity contribution in [1.29, 1.82) is 0 Å². The third-order valence-corrected chi connectivity index (χ3v) is 1.47. The molecule has 66 valence electrons. The normalized spacial score (nSPS) is 10.6. The molecule has 0 unspecified atom stereocenters. The summed E-state index contributed by atoms with van der Waals surface area (Å²) in [5.41, 5.74) is 0.170. The molecule has 0 aliphatic carbocycles. The molecule has 1 rings (SSSR count). The molecule has 4 nitrogen and oxygen atoms in total. The minimum atomic E-state index is -0.980. The van der Waals surface area contributed by atoms with Crippen LogP contribution < -0.4 is 0 Å². The average Bonchev–Trinajstić information content (AvgIpc) is 2.33. The Hall–Kier alpha value is -1.32. The molecule has 1 heterocycles. The highest BCUT2D eigenvalue weighted by atomic mass is 16.5. The molecule has 0 saturated heterocycles. The van der Waals surface area contributed by atoms with E-state index in [1.807, 2.05) is 13.8 Å². The molecule has 0 spiro atoms. The van der Waals surface area contributed by atoms with Crippen molar-refractivity contribution < 1.29 is 14.4 Å². The standard InChI is InChI=1S/C8H11NO3/c1-5(2)3-7-6(8(10)11)4-9-12-7/h4-5H,3H2,1-2H3,(H,10,11). The summed E-state index contributed by atoms with van der Waals surface area (Å²) in [7, 11) is 0. The number of hydrogen-bond acceptors (Lipinski definition) is 3. The van der Waals surface area contributed by atoms with E-state index in [1.54, 1.807) is 0 Å².